The number of hydrogen-bond donors (Lipinski definition) is 0. The smallest absolute Gasteiger partial charge is 0.277 e. The Hall–Kier alpha value is -2.96. The summed E-state index contributed by atoms with van der Waals surface area (Å²) in [5, 5.41) is 15.9. The first-order valence-corrected chi connectivity index (χ1v) is 9.68. The molecular weight excluding hydrogens is 370 g/mol. The van der Waals surface area contributed by atoms with E-state index in [1.807, 2.05) is 34.6 Å². The van der Waals surface area contributed by atoms with Gasteiger partial charge in [0.2, 0.25) is 11.7 Å². The molecule has 0 fully saturated rings. The van der Waals surface area contributed by atoms with Gasteiger partial charge in [-0.25, -0.2) is 4.68 Å². The predicted molar refractivity (Wildman–Crippen MR) is 114 cm³/mol. The largest absolute Gasteiger partial charge is 0.474 e. The molecule has 2 aromatic rings. The van der Waals surface area contributed by atoms with Crippen molar-refractivity contribution >= 4 is 17.0 Å². The Bertz CT molecular complexity index is 998. The molecule has 156 valence electrons. The van der Waals surface area contributed by atoms with Crippen LogP contribution in [0.3, 0.4) is 0 Å². The molecule has 0 aliphatic carbocycles. The van der Waals surface area contributed by atoms with Crippen LogP contribution in [0.4, 0.5) is 5.69 Å². The van der Waals surface area contributed by atoms with Crippen molar-refractivity contribution in [1.82, 2.24) is 9.78 Å². The number of benzene rings is 1. The van der Waals surface area contributed by atoms with Gasteiger partial charge in [-0.15, -0.1) is 0 Å². The Morgan fingerprint density at radius 3 is 2.38 bits per heavy atom. The second-order valence-corrected chi connectivity index (χ2v) is 7.57. The summed E-state index contributed by atoms with van der Waals surface area (Å²) in [7, 11) is 1.74. The van der Waals surface area contributed by atoms with E-state index in [-0.39, 0.29) is 17.6 Å². The number of carbonyl (C=O) groups excluding carboxylic acids is 1. The normalized spacial score (nSPS) is 11.9. The quantitative estimate of drug-likeness (QED) is 0.364. The molecule has 0 saturated carbocycles. The number of aromatic nitrogens is 2. The minimum absolute atomic E-state index is 0.00302. The number of nitro groups is 1. The summed E-state index contributed by atoms with van der Waals surface area (Å²) in [5.74, 6) is 0.171. The Morgan fingerprint density at radius 1 is 1.24 bits per heavy atom. The zero-order valence-electron chi connectivity index (χ0n) is 18.4. The summed E-state index contributed by atoms with van der Waals surface area (Å²) in [6, 6.07) is 2.93. The summed E-state index contributed by atoms with van der Waals surface area (Å²) < 4.78 is 7.54. The van der Waals surface area contributed by atoms with E-state index < -0.39 is 4.92 Å². The Labute approximate surface area is 171 Å². The lowest BCUT2D eigenvalue weighted by molar-refractivity contribution is -0.385. The summed E-state index contributed by atoms with van der Waals surface area (Å²) in [6.07, 6.45) is 0.719. The van der Waals surface area contributed by atoms with Crippen molar-refractivity contribution in [2.24, 2.45) is 7.05 Å². The molecule has 1 unspecified atom stereocenters. The van der Waals surface area contributed by atoms with Crippen molar-refractivity contribution in [3.8, 4) is 5.88 Å². The highest BCUT2D eigenvalue weighted by molar-refractivity contribution is 6.12. The average Bonchev–Trinajstić information content (AvgIpc) is 2.92. The van der Waals surface area contributed by atoms with Crippen LogP contribution in [-0.2, 0) is 7.05 Å². The van der Waals surface area contributed by atoms with Gasteiger partial charge in [0.1, 0.15) is 5.56 Å². The number of rotatable bonds is 7. The lowest BCUT2D eigenvalue weighted by Gasteiger charge is -2.16. The number of aryl methyl sites for hydroxylation is 2. The van der Waals surface area contributed by atoms with Gasteiger partial charge in [-0.05, 0) is 65.2 Å². The van der Waals surface area contributed by atoms with E-state index in [1.54, 1.807) is 25.6 Å². The van der Waals surface area contributed by atoms with Crippen LogP contribution in [-0.4, -0.2) is 26.6 Å². The molecule has 0 N–H and O–H groups in total. The zero-order chi connectivity index (χ0) is 22.0. The number of hydrogen-bond acceptors (Lipinski definition) is 5. The van der Waals surface area contributed by atoms with Crippen LogP contribution >= 0.6 is 0 Å². The maximum absolute atomic E-state index is 13.5. The highest BCUT2D eigenvalue weighted by Crippen LogP contribution is 2.35. The fourth-order valence-electron chi connectivity index (χ4n) is 3.26. The molecule has 0 spiro atoms. The lowest BCUT2D eigenvalue weighted by Crippen LogP contribution is -2.16. The molecule has 29 heavy (non-hydrogen) atoms. The van der Waals surface area contributed by atoms with Crippen LogP contribution in [0.1, 0.15) is 73.8 Å². The van der Waals surface area contributed by atoms with Crippen molar-refractivity contribution in [2.45, 2.75) is 61.0 Å². The number of ketones is 1. The van der Waals surface area contributed by atoms with Gasteiger partial charge in [0.05, 0.1) is 22.3 Å². The van der Waals surface area contributed by atoms with Crippen molar-refractivity contribution in [3.63, 3.8) is 0 Å². The Balaban J connectivity index is 2.72. The van der Waals surface area contributed by atoms with E-state index in [9.17, 15) is 14.9 Å². The lowest BCUT2D eigenvalue weighted by atomic mass is 9.90. The average molecular weight is 399 g/mol. The van der Waals surface area contributed by atoms with Crippen molar-refractivity contribution in [1.29, 1.82) is 0 Å². The van der Waals surface area contributed by atoms with Gasteiger partial charge in [0, 0.05) is 18.7 Å². The summed E-state index contributed by atoms with van der Waals surface area (Å²) in [6.45, 7) is 13.1. The van der Waals surface area contributed by atoms with E-state index in [0.717, 1.165) is 17.6 Å². The molecule has 1 aromatic heterocycles. The van der Waals surface area contributed by atoms with Crippen LogP contribution in [0.2, 0.25) is 0 Å². The molecule has 1 heterocycles. The fourth-order valence-corrected chi connectivity index (χ4v) is 3.26. The van der Waals surface area contributed by atoms with Gasteiger partial charge >= 0.3 is 0 Å². The predicted octanol–water partition coefficient (Wildman–Crippen LogP) is 5.17. The Morgan fingerprint density at radius 2 is 1.86 bits per heavy atom. The first-order valence-electron chi connectivity index (χ1n) is 9.68. The molecule has 7 nitrogen and oxygen atoms in total. The van der Waals surface area contributed by atoms with E-state index in [1.165, 1.54) is 12.1 Å². The number of allylic oxidation sites excluding steroid dienone is 2. The molecule has 0 amide bonds. The van der Waals surface area contributed by atoms with Gasteiger partial charge in [-0.3, -0.25) is 14.9 Å². The van der Waals surface area contributed by atoms with Crippen molar-refractivity contribution in [2.75, 3.05) is 0 Å². The van der Waals surface area contributed by atoms with Gasteiger partial charge in [0.15, 0.2) is 0 Å². The molecule has 7 heteroatoms. The highest BCUT2D eigenvalue weighted by atomic mass is 16.6. The van der Waals surface area contributed by atoms with Gasteiger partial charge in [-0.1, -0.05) is 12.5 Å². The molecule has 0 aliphatic rings. The third-order valence-electron chi connectivity index (χ3n) is 5.29. The first-order chi connectivity index (χ1) is 13.5. The van der Waals surface area contributed by atoms with Gasteiger partial charge in [-0.2, -0.15) is 5.10 Å². The first kappa shape index (κ1) is 22.3. The molecule has 2 rings (SSSR count). The molecule has 0 aliphatic heterocycles. The number of carbonyl (C=O) groups is 1. The topological polar surface area (TPSA) is 87.3 Å². The minimum atomic E-state index is -0.407. The van der Waals surface area contributed by atoms with Crippen LogP contribution < -0.4 is 4.74 Å². The van der Waals surface area contributed by atoms with Crippen LogP contribution in [0.5, 0.6) is 5.88 Å². The number of nitro benzene ring substituents is 1. The molecule has 0 radical (unpaired) electrons. The van der Waals surface area contributed by atoms with Crippen LogP contribution in [0.25, 0.3) is 5.57 Å². The second kappa shape index (κ2) is 8.59. The monoisotopic (exact) mass is 399 g/mol. The SMILES string of the molecule is CCC(C)Oc1c(C(=O)c2ccc([N+](=O)[O-])c(C(C)=C(C)C)c2C)c(C)nn1C. The zero-order valence-corrected chi connectivity index (χ0v) is 18.4. The molecule has 0 bridgehead atoms. The fraction of sp³-hybridized carbons (Fsp3) is 0.455. The summed E-state index contributed by atoms with van der Waals surface area (Å²) >= 11 is 0. The standard InChI is InChI=1S/C22H29N3O4/c1-9-13(4)29-22-20(16(7)23-24(22)8)21(26)17-10-11-18(25(27)28)19(15(17)6)14(5)12(2)3/h10-11,13H,9H2,1-8H3. The molecular formula is C22H29N3O4. The maximum Gasteiger partial charge on any atom is 0.277 e. The molecule has 1 aromatic carbocycles. The van der Waals surface area contributed by atoms with Crippen molar-refractivity contribution in [3.05, 3.63) is 55.8 Å². The van der Waals surface area contributed by atoms with E-state index in [2.05, 4.69) is 5.10 Å². The third kappa shape index (κ3) is 4.23. The van der Waals surface area contributed by atoms with Gasteiger partial charge < -0.3 is 4.74 Å². The molecule has 0 saturated heterocycles. The molecule has 1 atom stereocenters. The third-order valence-corrected chi connectivity index (χ3v) is 5.29. The summed E-state index contributed by atoms with van der Waals surface area (Å²) in [4.78, 5) is 24.7. The number of ether oxygens (including phenoxy) is 1. The van der Waals surface area contributed by atoms with Crippen LogP contribution in [0, 0.1) is 24.0 Å². The van der Waals surface area contributed by atoms with E-state index >= 15 is 0 Å². The summed E-state index contributed by atoms with van der Waals surface area (Å²) in [5.41, 5.74) is 4.20. The highest BCUT2D eigenvalue weighted by Gasteiger charge is 2.28. The maximum atomic E-state index is 13.5. The Kier molecular flexibility index (Phi) is 6.62. The van der Waals surface area contributed by atoms with Crippen LogP contribution in [0.15, 0.2) is 17.7 Å². The van der Waals surface area contributed by atoms with Crippen molar-refractivity contribution < 1.29 is 14.5 Å². The minimum Gasteiger partial charge on any atom is -0.474 e. The van der Waals surface area contributed by atoms with Gasteiger partial charge in [0.25, 0.3) is 5.69 Å². The number of nitrogens with zero attached hydrogens (tertiary/aromatic N) is 3. The van der Waals surface area contributed by atoms with E-state index in [0.29, 0.717) is 33.8 Å². The van der Waals surface area contributed by atoms with E-state index in [4.69, 9.17) is 4.74 Å². The second-order valence-electron chi connectivity index (χ2n) is 7.57.